The molecule has 0 saturated carbocycles. The number of nitrogens with one attached hydrogen (secondary N) is 2. The first-order valence-corrected chi connectivity index (χ1v) is 7.59. The summed E-state index contributed by atoms with van der Waals surface area (Å²) in [5, 5.41) is 7.02. The number of hydrogen-bond donors (Lipinski definition) is 3. The van der Waals surface area contributed by atoms with Crippen LogP contribution in [0.3, 0.4) is 0 Å². The first-order valence-electron chi connectivity index (χ1n) is 6.77. The molecule has 0 aliphatic rings. The largest absolute Gasteiger partial charge is 0.397 e. The standard InChI is InChI=1S/C14H20N4OS/c1-3-16-6-4-7-17-13(19)12-11(15)10-9(2)5-8-18-14(10)20-12/h5,8,16H,3-4,6-7,15H2,1-2H3,(H,17,19). The summed E-state index contributed by atoms with van der Waals surface area (Å²) in [7, 11) is 0. The highest BCUT2D eigenvalue weighted by atomic mass is 32.1. The van der Waals surface area contributed by atoms with Crippen LogP contribution in [0.1, 0.15) is 28.6 Å². The molecule has 0 atom stereocenters. The van der Waals surface area contributed by atoms with Crippen LogP contribution in [-0.4, -0.2) is 30.5 Å². The van der Waals surface area contributed by atoms with Gasteiger partial charge in [-0.25, -0.2) is 4.98 Å². The molecule has 4 N–H and O–H groups in total. The van der Waals surface area contributed by atoms with Gasteiger partial charge in [-0.05, 0) is 38.1 Å². The summed E-state index contributed by atoms with van der Waals surface area (Å²) in [5.74, 6) is -0.110. The third-order valence-corrected chi connectivity index (χ3v) is 4.22. The SMILES string of the molecule is CCNCCCNC(=O)c1sc2nccc(C)c2c1N. The molecule has 20 heavy (non-hydrogen) atoms. The van der Waals surface area contributed by atoms with Gasteiger partial charge in [0.1, 0.15) is 9.71 Å². The van der Waals surface area contributed by atoms with E-state index in [2.05, 4.69) is 22.5 Å². The van der Waals surface area contributed by atoms with Crippen molar-refractivity contribution in [1.82, 2.24) is 15.6 Å². The zero-order valence-electron chi connectivity index (χ0n) is 11.8. The second-order valence-electron chi connectivity index (χ2n) is 4.62. The maximum absolute atomic E-state index is 12.2. The van der Waals surface area contributed by atoms with Gasteiger partial charge in [-0.1, -0.05) is 6.92 Å². The number of nitrogen functional groups attached to an aromatic ring is 1. The molecule has 2 aromatic rings. The van der Waals surface area contributed by atoms with Gasteiger partial charge in [0.25, 0.3) is 5.91 Å². The van der Waals surface area contributed by atoms with Gasteiger partial charge >= 0.3 is 0 Å². The molecule has 0 aliphatic heterocycles. The van der Waals surface area contributed by atoms with E-state index in [1.54, 1.807) is 6.20 Å². The molecule has 0 spiro atoms. The van der Waals surface area contributed by atoms with Gasteiger partial charge in [-0.2, -0.15) is 0 Å². The van der Waals surface area contributed by atoms with Crippen LogP contribution in [0.25, 0.3) is 10.2 Å². The summed E-state index contributed by atoms with van der Waals surface area (Å²) in [6.07, 6.45) is 2.65. The molecule has 2 rings (SSSR count). The topological polar surface area (TPSA) is 80.0 Å². The monoisotopic (exact) mass is 292 g/mol. The van der Waals surface area contributed by atoms with E-state index in [-0.39, 0.29) is 5.91 Å². The third-order valence-electron chi connectivity index (χ3n) is 3.11. The van der Waals surface area contributed by atoms with Gasteiger partial charge in [0, 0.05) is 18.1 Å². The van der Waals surface area contributed by atoms with Crippen molar-refractivity contribution < 1.29 is 4.79 Å². The molecule has 0 aliphatic carbocycles. The number of amides is 1. The van der Waals surface area contributed by atoms with Crippen LogP contribution in [0.2, 0.25) is 0 Å². The van der Waals surface area contributed by atoms with Gasteiger partial charge in [0.05, 0.1) is 5.69 Å². The number of nitrogens with two attached hydrogens (primary N) is 1. The number of aryl methyl sites for hydroxylation is 1. The van der Waals surface area contributed by atoms with Crippen molar-refractivity contribution in [3.63, 3.8) is 0 Å². The van der Waals surface area contributed by atoms with Crippen molar-refractivity contribution in [2.75, 3.05) is 25.4 Å². The van der Waals surface area contributed by atoms with Crippen LogP contribution in [-0.2, 0) is 0 Å². The van der Waals surface area contributed by atoms with Crippen LogP contribution in [0.15, 0.2) is 12.3 Å². The van der Waals surface area contributed by atoms with Gasteiger partial charge in [-0.3, -0.25) is 4.79 Å². The van der Waals surface area contributed by atoms with Crippen LogP contribution < -0.4 is 16.4 Å². The summed E-state index contributed by atoms with van der Waals surface area (Å²) in [4.78, 5) is 17.8. The smallest absolute Gasteiger partial charge is 0.263 e. The Hall–Kier alpha value is -1.66. The second kappa shape index (κ2) is 6.67. The lowest BCUT2D eigenvalue weighted by Gasteiger charge is -2.04. The number of pyridine rings is 1. The van der Waals surface area contributed by atoms with Crippen molar-refractivity contribution >= 4 is 33.1 Å². The Bertz CT molecular complexity index is 608. The molecule has 108 valence electrons. The molecule has 1 amide bonds. The zero-order chi connectivity index (χ0) is 14.5. The lowest BCUT2D eigenvalue weighted by atomic mass is 10.2. The average Bonchev–Trinajstić information content (AvgIpc) is 2.77. The summed E-state index contributed by atoms with van der Waals surface area (Å²) in [6, 6.07) is 1.91. The highest BCUT2D eigenvalue weighted by Crippen LogP contribution is 2.34. The highest BCUT2D eigenvalue weighted by Gasteiger charge is 2.17. The van der Waals surface area contributed by atoms with Gasteiger partial charge in [-0.15, -0.1) is 11.3 Å². The quantitative estimate of drug-likeness (QED) is 0.711. The predicted octanol–water partition coefficient (Wildman–Crippen LogP) is 1.92. The van der Waals surface area contributed by atoms with Crippen molar-refractivity contribution in [2.45, 2.75) is 20.3 Å². The van der Waals surface area contributed by atoms with Crippen molar-refractivity contribution in [3.8, 4) is 0 Å². The normalized spacial score (nSPS) is 10.9. The Balaban J connectivity index is 2.07. The van der Waals surface area contributed by atoms with Crippen LogP contribution in [0.5, 0.6) is 0 Å². The van der Waals surface area contributed by atoms with E-state index >= 15 is 0 Å². The maximum atomic E-state index is 12.2. The van der Waals surface area contributed by atoms with Crippen LogP contribution in [0, 0.1) is 6.92 Å². The maximum Gasteiger partial charge on any atom is 0.263 e. The second-order valence-corrected chi connectivity index (χ2v) is 5.61. The lowest BCUT2D eigenvalue weighted by molar-refractivity contribution is 0.0958. The predicted molar refractivity (Wildman–Crippen MR) is 84.3 cm³/mol. The number of hydrogen-bond acceptors (Lipinski definition) is 5. The van der Waals surface area contributed by atoms with Crippen LogP contribution in [0.4, 0.5) is 5.69 Å². The molecular formula is C14H20N4OS. The third kappa shape index (κ3) is 3.08. The molecule has 0 bridgehead atoms. The average molecular weight is 292 g/mol. The van der Waals surface area contributed by atoms with E-state index in [0.29, 0.717) is 17.1 Å². The molecule has 6 heteroatoms. The molecule has 2 heterocycles. The Kier molecular flexibility index (Phi) is 4.92. The van der Waals surface area contributed by atoms with E-state index in [9.17, 15) is 4.79 Å². The molecular weight excluding hydrogens is 272 g/mol. The van der Waals surface area contributed by atoms with E-state index in [0.717, 1.165) is 35.3 Å². The number of fused-ring (bicyclic) bond motifs is 1. The molecule has 0 unspecified atom stereocenters. The zero-order valence-corrected chi connectivity index (χ0v) is 12.6. The van der Waals surface area contributed by atoms with Crippen molar-refractivity contribution in [2.24, 2.45) is 0 Å². The van der Waals surface area contributed by atoms with E-state index in [1.807, 2.05) is 13.0 Å². The Morgan fingerprint density at radius 3 is 2.95 bits per heavy atom. The fourth-order valence-electron chi connectivity index (χ4n) is 2.04. The molecule has 2 aromatic heterocycles. The lowest BCUT2D eigenvalue weighted by Crippen LogP contribution is -2.27. The number of nitrogens with zero attached hydrogens (tertiary/aromatic N) is 1. The summed E-state index contributed by atoms with van der Waals surface area (Å²) >= 11 is 1.35. The number of aromatic nitrogens is 1. The number of thiophene rings is 1. The summed E-state index contributed by atoms with van der Waals surface area (Å²) < 4.78 is 0. The molecule has 5 nitrogen and oxygen atoms in total. The minimum Gasteiger partial charge on any atom is -0.397 e. The molecule has 0 aromatic carbocycles. The van der Waals surface area contributed by atoms with E-state index < -0.39 is 0 Å². The van der Waals surface area contributed by atoms with Gasteiger partial charge in [0.2, 0.25) is 0 Å². The number of anilines is 1. The number of carbonyl (C=O) groups is 1. The fourth-order valence-corrected chi connectivity index (χ4v) is 3.10. The minimum atomic E-state index is -0.110. The fraction of sp³-hybridized carbons (Fsp3) is 0.429. The molecule has 0 fully saturated rings. The minimum absolute atomic E-state index is 0.110. The van der Waals surface area contributed by atoms with Gasteiger partial charge < -0.3 is 16.4 Å². The van der Waals surface area contributed by atoms with Crippen LogP contribution >= 0.6 is 11.3 Å². The highest BCUT2D eigenvalue weighted by molar-refractivity contribution is 7.21. The Morgan fingerprint density at radius 2 is 2.25 bits per heavy atom. The number of rotatable bonds is 6. The Labute approximate surface area is 122 Å². The summed E-state index contributed by atoms with van der Waals surface area (Å²) in [6.45, 7) is 6.53. The first-order chi connectivity index (χ1) is 9.65. The Morgan fingerprint density at radius 1 is 1.45 bits per heavy atom. The number of carbonyl (C=O) groups excluding carboxylic acids is 1. The van der Waals surface area contributed by atoms with Crippen molar-refractivity contribution in [3.05, 3.63) is 22.7 Å². The molecule has 0 radical (unpaired) electrons. The van der Waals surface area contributed by atoms with E-state index in [4.69, 9.17) is 5.73 Å². The van der Waals surface area contributed by atoms with Gasteiger partial charge in [0.15, 0.2) is 0 Å². The first kappa shape index (κ1) is 14.7. The summed E-state index contributed by atoms with van der Waals surface area (Å²) in [5.41, 5.74) is 7.68. The van der Waals surface area contributed by atoms with E-state index in [1.165, 1.54) is 11.3 Å². The van der Waals surface area contributed by atoms with Crippen molar-refractivity contribution in [1.29, 1.82) is 0 Å². The molecule has 0 saturated heterocycles.